The third kappa shape index (κ3) is 6.53. The molecule has 174 valence electrons. The van der Waals surface area contributed by atoms with Gasteiger partial charge >= 0.3 is 12.1 Å². The number of likely N-dealkylation sites (tertiary alicyclic amines) is 1. The topological polar surface area (TPSA) is 83.6 Å². The van der Waals surface area contributed by atoms with E-state index >= 15 is 0 Å². The van der Waals surface area contributed by atoms with Crippen LogP contribution in [0.2, 0.25) is 0 Å². The van der Waals surface area contributed by atoms with E-state index < -0.39 is 24.4 Å². The van der Waals surface area contributed by atoms with Gasteiger partial charge in [-0.05, 0) is 35.6 Å². The van der Waals surface area contributed by atoms with Crippen molar-refractivity contribution in [3.63, 3.8) is 0 Å². The van der Waals surface area contributed by atoms with Crippen LogP contribution in [0.3, 0.4) is 0 Å². The van der Waals surface area contributed by atoms with Crippen molar-refractivity contribution in [1.82, 2.24) is 4.90 Å². The summed E-state index contributed by atoms with van der Waals surface area (Å²) in [6.07, 6.45) is -5.59. The highest BCUT2D eigenvalue weighted by Crippen LogP contribution is 2.27. The van der Waals surface area contributed by atoms with Gasteiger partial charge < -0.3 is 15.7 Å². The predicted octanol–water partition coefficient (Wildman–Crippen LogP) is 4.30. The van der Waals surface area contributed by atoms with E-state index in [1.54, 1.807) is 4.90 Å². The number of alkyl halides is 4. The van der Waals surface area contributed by atoms with E-state index in [4.69, 9.17) is 15.6 Å². The maximum Gasteiger partial charge on any atom is 0.490 e. The van der Waals surface area contributed by atoms with Gasteiger partial charge in [-0.3, -0.25) is 4.79 Å². The molecular formula is C23H26F4N2O3. The number of aryl methyl sites for hydroxylation is 1. The number of aliphatic carboxylic acids is 1. The predicted molar refractivity (Wildman–Crippen MR) is 113 cm³/mol. The first-order valence-electron chi connectivity index (χ1n) is 10.1. The van der Waals surface area contributed by atoms with E-state index in [1.807, 2.05) is 31.2 Å². The fraction of sp³-hybridized carbons (Fsp3) is 0.391. The summed E-state index contributed by atoms with van der Waals surface area (Å²) in [6.45, 7) is 4.68. The molecule has 1 aliphatic rings. The molecular weight excluding hydrogens is 428 g/mol. The van der Waals surface area contributed by atoms with Crippen LogP contribution in [0, 0.1) is 6.92 Å². The van der Waals surface area contributed by atoms with Crippen molar-refractivity contribution >= 4 is 11.9 Å². The largest absolute Gasteiger partial charge is 0.490 e. The second-order valence-corrected chi connectivity index (χ2v) is 7.72. The number of nitrogens with two attached hydrogens (primary N) is 1. The number of nitrogens with zero attached hydrogens (tertiary/aromatic N) is 1. The van der Waals surface area contributed by atoms with Crippen LogP contribution in [0.15, 0.2) is 48.5 Å². The zero-order chi connectivity index (χ0) is 24.1. The maximum absolute atomic E-state index is 13.3. The number of carboxylic acid groups (broad SMARTS) is 1. The summed E-state index contributed by atoms with van der Waals surface area (Å²) in [5.41, 5.74) is 10.8. The summed E-state index contributed by atoms with van der Waals surface area (Å²) in [4.78, 5) is 22.9. The van der Waals surface area contributed by atoms with Crippen molar-refractivity contribution in [1.29, 1.82) is 0 Å². The SMILES string of the molecule is Cc1ccccc1-c1ccc([C@H](C)[C@H](N)C(=O)N2CC[C@H](F)C2)cc1.O=C(O)C(F)(F)F. The van der Waals surface area contributed by atoms with E-state index in [2.05, 4.69) is 31.2 Å². The minimum Gasteiger partial charge on any atom is -0.475 e. The Hall–Kier alpha value is -2.94. The molecule has 0 bridgehead atoms. The molecule has 0 unspecified atom stereocenters. The van der Waals surface area contributed by atoms with Gasteiger partial charge in [-0.25, -0.2) is 9.18 Å². The van der Waals surface area contributed by atoms with Gasteiger partial charge in [0, 0.05) is 12.5 Å². The van der Waals surface area contributed by atoms with Gasteiger partial charge in [0.2, 0.25) is 5.91 Å². The molecule has 0 aliphatic carbocycles. The molecule has 0 aromatic heterocycles. The standard InChI is InChI=1S/C21H25FN2O.C2HF3O2/c1-14-5-3-4-6-19(14)17-9-7-16(8-10-17)15(2)20(23)21(25)24-12-11-18(22)13-24;3-2(4,5)1(6)7/h3-10,15,18,20H,11-13,23H2,1-2H3;(H,6,7)/t15-,18-,20-;/m0./s1. The number of carbonyl (C=O) groups excluding carboxylic acids is 1. The molecule has 1 aliphatic heterocycles. The average Bonchev–Trinajstić information content (AvgIpc) is 3.18. The number of carboxylic acids is 1. The van der Waals surface area contributed by atoms with Crippen LogP contribution in [0.5, 0.6) is 0 Å². The van der Waals surface area contributed by atoms with Crippen molar-refractivity contribution in [2.24, 2.45) is 5.73 Å². The lowest BCUT2D eigenvalue weighted by Crippen LogP contribution is -2.45. The molecule has 32 heavy (non-hydrogen) atoms. The van der Waals surface area contributed by atoms with E-state index in [0.29, 0.717) is 13.0 Å². The van der Waals surface area contributed by atoms with Crippen molar-refractivity contribution in [3.05, 3.63) is 59.7 Å². The van der Waals surface area contributed by atoms with Crippen molar-refractivity contribution in [2.45, 2.75) is 44.6 Å². The van der Waals surface area contributed by atoms with Crippen LogP contribution in [0.1, 0.15) is 30.4 Å². The highest BCUT2D eigenvalue weighted by Gasteiger charge is 2.38. The minimum absolute atomic E-state index is 0.114. The molecule has 2 aromatic rings. The Kier molecular flexibility index (Phi) is 8.38. The fourth-order valence-electron chi connectivity index (χ4n) is 3.41. The number of benzene rings is 2. The molecule has 0 radical (unpaired) electrons. The fourth-order valence-corrected chi connectivity index (χ4v) is 3.41. The molecule has 1 fully saturated rings. The third-order valence-electron chi connectivity index (χ3n) is 5.40. The average molecular weight is 454 g/mol. The smallest absolute Gasteiger partial charge is 0.475 e. The highest BCUT2D eigenvalue weighted by molar-refractivity contribution is 5.83. The van der Waals surface area contributed by atoms with Crippen molar-refractivity contribution in [2.75, 3.05) is 13.1 Å². The number of carbonyl (C=O) groups is 2. The number of hydrogen-bond donors (Lipinski definition) is 2. The number of hydrogen-bond acceptors (Lipinski definition) is 3. The van der Waals surface area contributed by atoms with Crippen molar-refractivity contribution in [3.8, 4) is 11.1 Å². The molecule has 0 spiro atoms. The van der Waals surface area contributed by atoms with Gasteiger partial charge in [0.25, 0.3) is 0 Å². The maximum atomic E-state index is 13.3. The minimum atomic E-state index is -5.08. The molecule has 0 saturated carbocycles. The molecule has 3 rings (SSSR count). The summed E-state index contributed by atoms with van der Waals surface area (Å²) in [6, 6.07) is 15.8. The zero-order valence-corrected chi connectivity index (χ0v) is 17.8. The molecule has 1 amide bonds. The van der Waals surface area contributed by atoms with E-state index in [9.17, 15) is 22.4 Å². The molecule has 5 nitrogen and oxygen atoms in total. The molecule has 1 heterocycles. The quantitative estimate of drug-likeness (QED) is 0.675. The van der Waals surface area contributed by atoms with Crippen LogP contribution < -0.4 is 5.73 Å². The van der Waals surface area contributed by atoms with Crippen LogP contribution in [0.4, 0.5) is 17.6 Å². The van der Waals surface area contributed by atoms with Crippen LogP contribution in [0.25, 0.3) is 11.1 Å². The second kappa shape index (κ2) is 10.6. The Labute approximate surface area is 183 Å². The first-order valence-corrected chi connectivity index (χ1v) is 10.1. The van der Waals surface area contributed by atoms with Crippen LogP contribution in [-0.4, -0.2) is 53.4 Å². The van der Waals surface area contributed by atoms with Gasteiger partial charge in [0.05, 0.1) is 12.6 Å². The second-order valence-electron chi connectivity index (χ2n) is 7.72. The monoisotopic (exact) mass is 454 g/mol. The summed E-state index contributed by atoms with van der Waals surface area (Å²) in [5.74, 6) is -3.03. The normalized spacial score (nSPS) is 17.8. The molecule has 3 N–H and O–H groups in total. The Morgan fingerprint density at radius 1 is 1.12 bits per heavy atom. The van der Waals surface area contributed by atoms with Crippen LogP contribution >= 0.6 is 0 Å². The summed E-state index contributed by atoms with van der Waals surface area (Å²) in [7, 11) is 0. The number of amides is 1. The Bertz CT molecular complexity index is 932. The van der Waals surface area contributed by atoms with E-state index in [1.165, 1.54) is 11.1 Å². The highest BCUT2D eigenvalue weighted by atomic mass is 19.4. The van der Waals surface area contributed by atoms with Crippen molar-refractivity contribution < 1.29 is 32.3 Å². The van der Waals surface area contributed by atoms with Gasteiger partial charge in [-0.1, -0.05) is 55.5 Å². The lowest BCUT2D eigenvalue weighted by atomic mass is 9.91. The Morgan fingerprint density at radius 2 is 1.69 bits per heavy atom. The Balaban J connectivity index is 0.000000451. The van der Waals surface area contributed by atoms with Gasteiger partial charge in [0.15, 0.2) is 0 Å². The third-order valence-corrected chi connectivity index (χ3v) is 5.40. The van der Waals surface area contributed by atoms with Crippen LogP contribution in [-0.2, 0) is 9.59 Å². The summed E-state index contributed by atoms with van der Waals surface area (Å²) >= 11 is 0. The molecule has 1 saturated heterocycles. The summed E-state index contributed by atoms with van der Waals surface area (Å²) < 4.78 is 45.1. The van der Waals surface area contributed by atoms with E-state index in [0.717, 1.165) is 11.1 Å². The first-order chi connectivity index (χ1) is 14.9. The van der Waals surface area contributed by atoms with Gasteiger partial charge in [0.1, 0.15) is 6.17 Å². The zero-order valence-electron chi connectivity index (χ0n) is 17.8. The summed E-state index contributed by atoms with van der Waals surface area (Å²) in [5, 5.41) is 7.12. The van der Waals surface area contributed by atoms with Gasteiger partial charge in [-0.15, -0.1) is 0 Å². The lowest BCUT2D eigenvalue weighted by Gasteiger charge is -2.25. The molecule has 3 atom stereocenters. The van der Waals surface area contributed by atoms with E-state index in [-0.39, 0.29) is 18.4 Å². The Morgan fingerprint density at radius 3 is 2.16 bits per heavy atom. The number of halogens is 4. The lowest BCUT2D eigenvalue weighted by molar-refractivity contribution is -0.192. The first kappa shape index (κ1) is 25.3. The number of rotatable bonds is 4. The molecule has 9 heteroatoms. The van der Waals surface area contributed by atoms with Gasteiger partial charge in [-0.2, -0.15) is 13.2 Å². The molecule has 2 aromatic carbocycles.